The van der Waals surface area contributed by atoms with Crippen LogP contribution >= 0.6 is 11.8 Å². The van der Waals surface area contributed by atoms with Crippen LogP contribution in [0.4, 0.5) is 8.78 Å². The maximum absolute atomic E-state index is 11.8. The summed E-state index contributed by atoms with van der Waals surface area (Å²) >= 11 is 0.468. The van der Waals surface area contributed by atoms with Crippen LogP contribution in [0.5, 0.6) is 0 Å². The summed E-state index contributed by atoms with van der Waals surface area (Å²) in [6, 6.07) is 6.02. The molecule has 0 aliphatic heterocycles. The van der Waals surface area contributed by atoms with Gasteiger partial charge in [0.25, 0.3) is 5.76 Å². The smallest absolute Gasteiger partial charge is 0.288 e. The third kappa shape index (κ3) is 2.62. The summed E-state index contributed by atoms with van der Waals surface area (Å²) in [5.41, 5.74) is 0.494. The van der Waals surface area contributed by atoms with E-state index in [2.05, 4.69) is 0 Å². The van der Waals surface area contributed by atoms with Crippen molar-refractivity contribution in [3.8, 4) is 0 Å². The second-order valence-corrected chi connectivity index (χ2v) is 3.13. The number of carbonyl (C=O) groups excluding carboxylic acids is 1. The van der Waals surface area contributed by atoms with Crippen LogP contribution in [0, 0.1) is 0 Å². The monoisotopic (exact) mass is 188 g/mol. The fourth-order valence-corrected chi connectivity index (χ4v) is 1.23. The lowest BCUT2D eigenvalue weighted by Crippen LogP contribution is -1.82. The lowest BCUT2D eigenvalue weighted by Gasteiger charge is -1.98. The predicted octanol–water partition coefficient (Wildman–Crippen LogP) is 2.81. The highest BCUT2D eigenvalue weighted by molar-refractivity contribution is 7.99. The Bertz CT molecular complexity index is 258. The molecule has 0 saturated carbocycles. The van der Waals surface area contributed by atoms with E-state index >= 15 is 0 Å². The quantitative estimate of drug-likeness (QED) is 0.536. The Morgan fingerprint density at radius 3 is 2.25 bits per heavy atom. The van der Waals surface area contributed by atoms with Gasteiger partial charge in [0.1, 0.15) is 6.29 Å². The molecule has 0 aromatic heterocycles. The maximum atomic E-state index is 11.8. The topological polar surface area (TPSA) is 17.1 Å². The minimum absolute atomic E-state index is 0.468. The number of rotatable bonds is 3. The summed E-state index contributed by atoms with van der Waals surface area (Å²) in [6.07, 6.45) is 0.677. The molecule has 0 unspecified atom stereocenters. The summed E-state index contributed by atoms with van der Waals surface area (Å²) in [7, 11) is 0. The highest BCUT2D eigenvalue weighted by Gasteiger charge is 2.03. The Morgan fingerprint density at radius 1 is 1.25 bits per heavy atom. The molecule has 0 radical (unpaired) electrons. The molecule has 1 aromatic rings. The van der Waals surface area contributed by atoms with Gasteiger partial charge in [-0.25, -0.2) is 0 Å². The average Bonchev–Trinajstić information content (AvgIpc) is 2.05. The van der Waals surface area contributed by atoms with Crippen LogP contribution in [0.25, 0.3) is 0 Å². The van der Waals surface area contributed by atoms with Gasteiger partial charge in [0.05, 0.1) is 0 Å². The van der Waals surface area contributed by atoms with E-state index in [1.807, 2.05) is 0 Å². The first-order valence-corrected chi connectivity index (χ1v) is 4.10. The Kier molecular flexibility index (Phi) is 3.22. The van der Waals surface area contributed by atoms with Gasteiger partial charge < -0.3 is 0 Å². The van der Waals surface area contributed by atoms with Gasteiger partial charge in [-0.05, 0) is 12.1 Å². The van der Waals surface area contributed by atoms with Crippen LogP contribution < -0.4 is 0 Å². The summed E-state index contributed by atoms with van der Waals surface area (Å²) in [6.45, 7) is 0. The first kappa shape index (κ1) is 9.19. The molecule has 1 aromatic carbocycles. The Balaban J connectivity index is 2.71. The molecule has 0 amide bonds. The largest absolute Gasteiger partial charge is 0.298 e. The molecule has 64 valence electrons. The van der Waals surface area contributed by atoms with E-state index in [4.69, 9.17) is 0 Å². The van der Waals surface area contributed by atoms with E-state index in [0.29, 0.717) is 28.5 Å². The number of halogens is 2. The van der Waals surface area contributed by atoms with Crippen LogP contribution in [0.2, 0.25) is 0 Å². The lowest BCUT2D eigenvalue weighted by molar-refractivity contribution is 0.112. The molecule has 0 fully saturated rings. The molecule has 0 N–H and O–H groups in total. The Morgan fingerprint density at radius 2 is 1.83 bits per heavy atom. The van der Waals surface area contributed by atoms with Gasteiger partial charge in [-0.15, -0.1) is 0 Å². The Labute approximate surface area is 72.8 Å². The number of hydrogen-bond acceptors (Lipinski definition) is 2. The molecule has 4 heteroatoms. The number of benzene rings is 1. The molecule has 0 aliphatic carbocycles. The van der Waals surface area contributed by atoms with Crippen LogP contribution in [0.3, 0.4) is 0 Å². The number of carbonyl (C=O) groups is 1. The molecule has 0 atom stereocenters. The molecule has 0 heterocycles. The fourth-order valence-electron chi connectivity index (χ4n) is 0.728. The van der Waals surface area contributed by atoms with Crippen molar-refractivity contribution in [2.24, 2.45) is 0 Å². The van der Waals surface area contributed by atoms with Gasteiger partial charge in [0.15, 0.2) is 0 Å². The molecule has 0 aliphatic rings. The molecular weight excluding hydrogens is 182 g/mol. The lowest BCUT2D eigenvalue weighted by atomic mass is 10.2. The van der Waals surface area contributed by atoms with Crippen LogP contribution in [0.1, 0.15) is 10.4 Å². The van der Waals surface area contributed by atoms with Crippen molar-refractivity contribution < 1.29 is 13.6 Å². The highest BCUT2D eigenvalue weighted by Crippen LogP contribution is 2.24. The third-order valence-corrected chi connectivity index (χ3v) is 1.96. The molecule has 0 spiro atoms. The van der Waals surface area contributed by atoms with Crippen molar-refractivity contribution in [2.75, 3.05) is 0 Å². The zero-order valence-corrected chi connectivity index (χ0v) is 6.85. The van der Waals surface area contributed by atoms with E-state index in [0.717, 1.165) is 0 Å². The van der Waals surface area contributed by atoms with Crippen molar-refractivity contribution in [2.45, 2.75) is 10.7 Å². The number of thioether (sulfide) groups is 1. The summed E-state index contributed by atoms with van der Waals surface area (Å²) in [5.74, 6) is -2.41. The zero-order chi connectivity index (χ0) is 8.97. The number of alkyl halides is 2. The van der Waals surface area contributed by atoms with Gasteiger partial charge in [-0.1, -0.05) is 23.9 Å². The first-order chi connectivity index (χ1) is 5.72. The first-order valence-electron chi connectivity index (χ1n) is 3.22. The van der Waals surface area contributed by atoms with E-state index in [1.54, 1.807) is 0 Å². The van der Waals surface area contributed by atoms with E-state index in [1.165, 1.54) is 24.3 Å². The van der Waals surface area contributed by atoms with E-state index in [-0.39, 0.29) is 0 Å². The van der Waals surface area contributed by atoms with Gasteiger partial charge in [-0.2, -0.15) is 8.78 Å². The van der Waals surface area contributed by atoms with Crippen molar-refractivity contribution in [1.82, 2.24) is 0 Å². The molecular formula is C8H6F2OS. The minimum atomic E-state index is -2.41. The number of aldehydes is 1. The van der Waals surface area contributed by atoms with Gasteiger partial charge in [0, 0.05) is 10.5 Å². The number of hydrogen-bond donors (Lipinski definition) is 0. The maximum Gasteiger partial charge on any atom is 0.288 e. The van der Waals surface area contributed by atoms with Crippen molar-refractivity contribution in [1.29, 1.82) is 0 Å². The van der Waals surface area contributed by atoms with E-state index in [9.17, 15) is 13.6 Å². The fraction of sp³-hybridized carbons (Fsp3) is 0.125. The van der Waals surface area contributed by atoms with Gasteiger partial charge >= 0.3 is 0 Å². The second-order valence-electron chi connectivity index (χ2n) is 2.07. The third-order valence-electron chi connectivity index (χ3n) is 1.24. The summed E-state index contributed by atoms with van der Waals surface area (Å²) in [5, 5.41) is 0. The standard InChI is InChI=1S/C8H6F2OS/c9-8(10)12-7-3-1-6(5-11)2-4-7/h1-5,8H. The van der Waals surface area contributed by atoms with Crippen molar-refractivity contribution >= 4 is 18.0 Å². The van der Waals surface area contributed by atoms with Crippen molar-refractivity contribution in [3.05, 3.63) is 29.8 Å². The molecule has 0 saturated heterocycles. The SMILES string of the molecule is O=Cc1ccc(SC(F)F)cc1. The molecule has 1 nitrogen and oxygen atoms in total. The highest BCUT2D eigenvalue weighted by atomic mass is 32.2. The molecule has 0 bridgehead atoms. The Hall–Kier alpha value is -0.900. The average molecular weight is 188 g/mol. The van der Waals surface area contributed by atoms with E-state index < -0.39 is 5.76 Å². The predicted molar refractivity (Wildman–Crippen MR) is 43.7 cm³/mol. The van der Waals surface area contributed by atoms with Crippen molar-refractivity contribution in [3.63, 3.8) is 0 Å². The molecule has 12 heavy (non-hydrogen) atoms. The van der Waals surface area contributed by atoms with Gasteiger partial charge in [0.2, 0.25) is 0 Å². The van der Waals surface area contributed by atoms with Gasteiger partial charge in [-0.3, -0.25) is 4.79 Å². The zero-order valence-electron chi connectivity index (χ0n) is 6.04. The normalized spacial score (nSPS) is 10.2. The molecule has 1 rings (SSSR count). The minimum Gasteiger partial charge on any atom is -0.298 e. The second kappa shape index (κ2) is 4.21. The van der Waals surface area contributed by atoms with Crippen LogP contribution in [0.15, 0.2) is 29.2 Å². The van der Waals surface area contributed by atoms with Crippen LogP contribution in [-0.4, -0.2) is 12.0 Å². The summed E-state index contributed by atoms with van der Waals surface area (Å²) in [4.78, 5) is 10.7. The van der Waals surface area contributed by atoms with Crippen LogP contribution in [-0.2, 0) is 0 Å². The summed E-state index contributed by atoms with van der Waals surface area (Å²) < 4.78 is 23.6.